The zero-order valence-corrected chi connectivity index (χ0v) is 12.4. The molecule has 1 aliphatic heterocycles. The van der Waals surface area contributed by atoms with Gasteiger partial charge in [-0.3, -0.25) is 14.9 Å². The molecule has 1 aromatic rings. The molecule has 0 bridgehead atoms. The summed E-state index contributed by atoms with van der Waals surface area (Å²) < 4.78 is 26.1. The predicted octanol–water partition coefficient (Wildman–Crippen LogP) is 0.759. The van der Waals surface area contributed by atoms with Gasteiger partial charge < -0.3 is 5.32 Å². The number of carbonyl (C=O) groups excluding carboxylic acids is 1. The summed E-state index contributed by atoms with van der Waals surface area (Å²) in [4.78, 5) is 21.0. The number of hydrogen-bond donors (Lipinski definition) is 1. The Morgan fingerprint density at radius 3 is 2.67 bits per heavy atom. The Labute approximate surface area is 125 Å². The van der Waals surface area contributed by atoms with Crippen LogP contribution in [0.25, 0.3) is 0 Å². The van der Waals surface area contributed by atoms with Crippen molar-refractivity contribution in [3.63, 3.8) is 0 Å². The van der Waals surface area contributed by atoms with Crippen LogP contribution in [0.4, 0.5) is 5.69 Å². The van der Waals surface area contributed by atoms with Crippen molar-refractivity contribution in [1.29, 1.82) is 0 Å². The molecule has 114 valence electrons. The zero-order chi connectivity index (χ0) is 15.6. The van der Waals surface area contributed by atoms with Crippen LogP contribution in [0.2, 0.25) is 5.02 Å². The highest BCUT2D eigenvalue weighted by atomic mass is 35.5. The maximum absolute atomic E-state index is 12.5. The number of nitro groups is 1. The van der Waals surface area contributed by atoms with Crippen LogP contribution in [0, 0.1) is 10.1 Å². The summed E-state index contributed by atoms with van der Waals surface area (Å²) >= 11 is 5.85. The van der Waals surface area contributed by atoms with Crippen LogP contribution in [0.1, 0.15) is 6.42 Å². The minimum Gasteiger partial charge on any atom is -0.355 e. The molecule has 0 aliphatic carbocycles. The van der Waals surface area contributed by atoms with E-state index in [1.165, 1.54) is 0 Å². The number of nitrogens with zero attached hydrogens (tertiary/aromatic N) is 2. The summed E-state index contributed by atoms with van der Waals surface area (Å²) in [6, 6.07) is 3.19. The van der Waals surface area contributed by atoms with E-state index < -0.39 is 14.9 Å². The van der Waals surface area contributed by atoms with Gasteiger partial charge in [-0.2, -0.15) is 4.31 Å². The van der Waals surface area contributed by atoms with Crippen molar-refractivity contribution in [3.8, 4) is 0 Å². The highest BCUT2D eigenvalue weighted by Crippen LogP contribution is 2.28. The minimum atomic E-state index is -3.90. The third-order valence-electron chi connectivity index (χ3n) is 3.02. The van der Waals surface area contributed by atoms with Crippen LogP contribution in [0.3, 0.4) is 0 Å². The number of rotatable bonds is 3. The third kappa shape index (κ3) is 3.31. The molecule has 1 N–H and O–H groups in total. The number of nitrogens with one attached hydrogen (secondary N) is 1. The lowest BCUT2D eigenvalue weighted by molar-refractivity contribution is -0.384. The highest BCUT2D eigenvalue weighted by molar-refractivity contribution is 7.89. The average Bonchev–Trinajstić information content (AvgIpc) is 2.63. The fraction of sp³-hybridized carbons (Fsp3) is 0.364. The SMILES string of the molecule is O=C1CCN(S(=O)(=O)c2ccc([N+](=O)[O-])cc2Cl)CCN1. The van der Waals surface area contributed by atoms with Gasteiger partial charge >= 0.3 is 0 Å². The Morgan fingerprint density at radius 2 is 2.05 bits per heavy atom. The van der Waals surface area contributed by atoms with E-state index in [0.717, 1.165) is 22.5 Å². The van der Waals surface area contributed by atoms with E-state index in [4.69, 9.17) is 11.6 Å². The van der Waals surface area contributed by atoms with Crippen molar-refractivity contribution in [2.45, 2.75) is 11.3 Å². The van der Waals surface area contributed by atoms with Crippen LogP contribution in [-0.2, 0) is 14.8 Å². The van der Waals surface area contributed by atoms with E-state index in [2.05, 4.69) is 5.32 Å². The molecule has 1 saturated heterocycles. The largest absolute Gasteiger partial charge is 0.355 e. The van der Waals surface area contributed by atoms with Crippen LogP contribution in [0.5, 0.6) is 0 Å². The zero-order valence-electron chi connectivity index (χ0n) is 10.8. The molecular formula is C11H12ClN3O5S. The van der Waals surface area contributed by atoms with Gasteiger partial charge in [-0.05, 0) is 6.07 Å². The molecule has 0 atom stereocenters. The van der Waals surface area contributed by atoms with Crippen LogP contribution in [-0.4, -0.2) is 43.2 Å². The molecule has 1 aliphatic rings. The number of non-ortho nitro benzene ring substituents is 1. The standard InChI is InChI=1S/C11H12ClN3O5S/c12-9-7-8(15(17)18)1-2-10(9)21(19,20)14-5-3-11(16)13-4-6-14/h1-2,7H,3-6H2,(H,13,16). The number of carbonyl (C=O) groups is 1. The summed E-state index contributed by atoms with van der Waals surface area (Å²) in [5, 5.41) is 13.0. The second-order valence-electron chi connectivity index (χ2n) is 4.38. The Morgan fingerprint density at radius 1 is 1.33 bits per heavy atom. The molecule has 8 nitrogen and oxygen atoms in total. The first kappa shape index (κ1) is 15.7. The molecule has 0 spiro atoms. The van der Waals surface area contributed by atoms with Crippen molar-refractivity contribution in [1.82, 2.24) is 9.62 Å². The van der Waals surface area contributed by atoms with Crippen LogP contribution < -0.4 is 5.32 Å². The Hall–Kier alpha value is -1.71. The van der Waals surface area contributed by atoms with Crippen molar-refractivity contribution in [3.05, 3.63) is 33.3 Å². The first-order valence-corrected chi connectivity index (χ1v) is 7.85. The van der Waals surface area contributed by atoms with Crippen LogP contribution >= 0.6 is 11.6 Å². The van der Waals surface area contributed by atoms with E-state index in [9.17, 15) is 23.3 Å². The normalized spacial score (nSPS) is 17.1. The quantitative estimate of drug-likeness (QED) is 0.648. The monoisotopic (exact) mass is 333 g/mol. The van der Waals surface area contributed by atoms with Gasteiger partial charge in [0.25, 0.3) is 5.69 Å². The van der Waals surface area contributed by atoms with E-state index in [1.807, 2.05) is 0 Å². The van der Waals surface area contributed by atoms with E-state index in [-0.39, 0.29) is 47.6 Å². The van der Waals surface area contributed by atoms with Gasteiger partial charge in [-0.25, -0.2) is 8.42 Å². The van der Waals surface area contributed by atoms with Crippen molar-refractivity contribution >= 4 is 33.2 Å². The second-order valence-corrected chi connectivity index (χ2v) is 6.69. The molecular weight excluding hydrogens is 322 g/mol. The molecule has 1 aromatic carbocycles. The van der Waals surface area contributed by atoms with Gasteiger partial charge in [0, 0.05) is 38.2 Å². The van der Waals surface area contributed by atoms with E-state index >= 15 is 0 Å². The van der Waals surface area contributed by atoms with Crippen molar-refractivity contribution in [2.75, 3.05) is 19.6 Å². The number of nitro benzene ring substituents is 1. The van der Waals surface area contributed by atoms with Gasteiger partial charge in [0.1, 0.15) is 4.90 Å². The molecule has 21 heavy (non-hydrogen) atoms. The molecule has 1 heterocycles. The summed E-state index contributed by atoms with van der Waals surface area (Å²) in [5.74, 6) is -0.220. The lowest BCUT2D eigenvalue weighted by Crippen LogP contribution is -2.34. The maximum atomic E-state index is 12.5. The number of halogens is 1. The smallest absolute Gasteiger partial charge is 0.271 e. The maximum Gasteiger partial charge on any atom is 0.271 e. The van der Waals surface area contributed by atoms with Crippen molar-refractivity contribution in [2.24, 2.45) is 0 Å². The first-order chi connectivity index (χ1) is 9.82. The fourth-order valence-corrected chi connectivity index (χ4v) is 3.89. The Kier molecular flexibility index (Phi) is 4.45. The minimum absolute atomic E-state index is 0.0431. The molecule has 0 unspecified atom stereocenters. The molecule has 2 rings (SSSR count). The van der Waals surface area contributed by atoms with Gasteiger partial charge in [0.15, 0.2) is 0 Å². The lowest BCUT2D eigenvalue weighted by atomic mass is 10.3. The number of benzene rings is 1. The van der Waals surface area contributed by atoms with Gasteiger partial charge in [-0.15, -0.1) is 0 Å². The number of sulfonamides is 1. The third-order valence-corrected chi connectivity index (χ3v) is 5.40. The number of hydrogen-bond acceptors (Lipinski definition) is 5. The topological polar surface area (TPSA) is 110 Å². The van der Waals surface area contributed by atoms with E-state index in [0.29, 0.717) is 0 Å². The Balaban J connectivity index is 2.35. The first-order valence-electron chi connectivity index (χ1n) is 6.03. The Bertz CT molecular complexity index is 691. The summed E-state index contributed by atoms with van der Waals surface area (Å²) in [6.07, 6.45) is 0.0594. The predicted molar refractivity (Wildman–Crippen MR) is 74.5 cm³/mol. The summed E-state index contributed by atoms with van der Waals surface area (Å²) in [7, 11) is -3.90. The van der Waals surface area contributed by atoms with Crippen LogP contribution in [0.15, 0.2) is 23.1 Å². The molecule has 0 radical (unpaired) electrons. The average molecular weight is 334 g/mol. The second kappa shape index (κ2) is 5.96. The van der Waals surface area contributed by atoms with Gasteiger partial charge in [0.05, 0.1) is 9.95 Å². The molecule has 10 heteroatoms. The van der Waals surface area contributed by atoms with Gasteiger partial charge in [0.2, 0.25) is 15.9 Å². The van der Waals surface area contributed by atoms with E-state index in [1.54, 1.807) is 0 Å². The summed E-state index contributed by atoms with van der Waals surface area (Å²) in [6.45, 7) is 0.380. The van der Waals surface area contributed by atoms with Gasteiger partial charge in [-0.1, -0.05) is 11.6 Å². The number of amides is 1. The summed E-state index contributed by atoms with van der Waals surface area (Å²) in [5.41, 5.74) is -0.285. The fourth-order valence-electron chi connectivity index (χ4n) is 1.94. The highest BCUT2D eigenvalue weighted by Gasteiger charge is 2.29. The molecule has 0 saturated carbocycles. The van der Waals surface area contributed by atoms with Crippen molar-refractivity contribution < 1.29 is 18.1 Å². The lowest BCUT2D eigenvalue weighted by Gasteiger charge is -2.19. The molecule has 0 aromatic heterocycles. The molecule has 1 amide bonds. The molecule has 1 fully saturated rings.